The summed E-state index contributed by atoms with van der Waals surface area (Å²) in [4.78, 5) is 18.8. The molecule has 0 spiro atoms. The first-order valence-electron chi connectivity index (χ1n) is 7.81. The Morgan fingerprint density at radius 1 is 1.05 bits per heavy atom. The van der Waals surface area contributed by atoms with E-state index in [9.17, 15) is 4.79 Å². The standard InChI is InChI=1S/C18H21N3O/c1-14-5-7-15(8-6-14)20-18(22)17-10-9-16(13-19-17)21-11-3-2-4-12-21/h5-10,13H,2-4,11-12H2,1H3,(H,20,22). The van der Waals surface area contributed by atoms with Crippen molar-refractivity contribution < 1.29 is 4.79 Å². The maximum absolute atomic E-state index is 12.2. The smallest absolute Gasteiger partial charge is 0.274 e. The Hall–Kier alpha value is -2.36. The number of pyridine rings is 1. The van der Waals surface area contributed by atoms with Gasteiger partial charge in [-0.3, -0.25) is 4.79 Å². The molecule has 0 bridgehead atoms. The minimum Gasteiger partial charge on any atom is -0.370 e. The lowest BCUT2D eigenvalue weighted by molar-refractivity contribution is 0.102. The van der Waals surface area contributed by atoms with Crippen LogP contribution in [0.5, 0.6) is 0 Å². The Labute approximate surface area is 131 Å². The molecule has 114 valence electrons. The second-order valence-electron chi connectivity index (χ2n) is 5.77. The van der Waals surface area contributed by atoms with Crippen molar-refractivity contribution in [3.05, 3.63) is 53.9 Å². The molecule has 1 amide bonds. The molecule has 0 radical (unpaired) electrons. The van der Waals surface area contributed by atoms with Crippen LogP contribution in [0.4, 0.5) is 11.4 Å². The highest BCUT2D eigenvalue weighted by atomic mass is 16.1. The van der Waals surface area contributed by atoms with E-state index in [1.54, 1.807) is 12.3 Å². The first kappa shape index (κ1) is 14.6. The molecule has 1 N–H and O–H groups in total. The van der Waals surface area contributed by atoms with Gasteiger partial charge in [0.1, 0.15) is 5.69 Å². The molecule has 3 rings (SSSR count). The van der Waals surface area contributed by atoms with Gasteiger partial charge in [-0.15, -0.1) is 0 Å². The van der Waals surface area contributed by atoms with E-state index >= 15 is 0 Å². The van der Waals surface area contributed by atoms with Crippen LogP contribution < -0.4 is 10.2 Å². The molecule has 0 saturated carbocycles. The van der Waals surface area contributed by atoms with Crippen LogP contribution >= 0.6 is 0 Å². The first-order chi connectivity index (χ1) is 10.7. The summed E-state index contributed by atoms with van der Waals surface area (Å²) in [6.07, 6.45) is 5.57. The highest BCUT2D eigenvalue weighted by Crippen LogP contribution is 2.19. The van der Waals surface area contributed by atoms with E-state index < -0.39 is 0 Å². The number of amides is 1. The van der Waals surface area contributed by atoms with E-state index in [-0.39, 0.29) is 5.91 Å². The Morgan fingerprint density at radius 2 is 1.77 bits per heavy atom. The fraction of sp³-hybridized carbons (Fsp3) is 0.333. The van der Waals surface area contributed by atoms with Gasteiger partial charge in [-0.25, -0.2) is 4.98 Å². The van der Waals surface area contributed by atoms with E-state index in [0.717, 1.165) is 24.5 Å². The molecule has 0 atom stereocenters. The van der Waals surface area contributed by atoms with E-state index in [0.29, 0.717) is 5.69 Å². The number of aromatic nitrogens is 1. The van der Waals surface area contributed by atoms with E-state index in [4.69, 9.17) is 0 Å². The van der Waals surface area contributed by atoms with Gasteiger partial charge in [0, 0.05) is 18.8 Å². The van der Waals surface area contributed by atoms with Crippen molar-refractivity contribution in [3.8, 4) is 0 Å². The molecule has 4 nitrogen and oxygen atoms in total. The van der Waals surface area contributed by atoms with Gasteiger partial charge >= 0.3 is 0 Å². The maximum atomic E-state index is 12.2. The van der Waals surface area contributed by atoms with Crippen LogP contribution in [0.1, 0.15) is 35.3 Å². The molecular formula is C18H21N3O. The molecule has 1 aromatic carbocycles. The maximum Gasteiger partial charge on any atom is 0.274 e. The van der Waals surface area contributed by atoms with Crippen LogP contribution in [0.15, 0.2) is 42.6 Å². The topological polar surface area (TPSA) is 45.2 Å². The van der Waals surface area contributed by atoms with Crippen LogP contribution in [-0.4, -0.2) is 24.0 Å². The van der Waals surface area contributed by atoms with Gasteiger partial charge in [0.15, 0.2) is 0 Å². The molecule has 2 aromatic rings. The second-order valence-corrected chi connectivity index (χ2v) is 5.77. The highest BCUT2D eigenvalue weighted by Gasteiger charge is 2.13. The summed E-state index contributed by atoms with van der Waals surface area (Å²) in [5, 5.41) is 2.87. The zero-order chi connectivity index (χ0) is 15.4. The largest absolute Gasteiger partial charge is 0.370 e. The lowest BCUT2D eigenvalue weighted by Gasteiger charge is -2.28. The third-order valence-corrected chi connectivity index (χ3v) is 4.01. The molecular weight excluding hydrogens is 274 g/mol. The Kier molecular flexibility index (Phi) is 4.37. The number of carbonyl (C=O) groups is 1. The minimum atomic E-state index is -0.172. The number of anilines is 2. The van der Waals surface area contributed by atoms with Crippen LogP contribution in [0, 0.1) is 6.92 Å². The number of nitrogens with zero attached hydrogens (tertiary/aromatic N) is 2. The van der Waals surface area contributed by atoms with E-state index in [1.807, 2.05) is 37.3 Å². The van der Waals surface area contributed by atoms with Gasteiger partial charge in [-0.1, -0.05) is 17.7 Å². The number of hydrogen-bond acceptors (Lipinski definition) is 3. The number of carbonyl (C=O) groups excluding carboxylic acids is 1. The van der Waals surface area contributed by atoms with Crippen LogP contribution in [0.3, 0.4) is 0 Å². The van der Waals surface area contributed by atoms with Gasteiger partial charge in [-0.05, 0) is 50.5 Å². The molecule has 4 heteroatoms. The predicted molar refractivity (Wildman–Crippen MR) is 89.4 cm³/mol. The third kappa shape index (κ3) is 3.45. The summed E-state index contributed by atoms with van der Waals surface area (Å²) in [6.45, 7) is 4.18. The molecule has 0 unspecified atom stereocenters. The van der Waals surface area contributed by atoms with Crippen molar-refractivity contribution in [3.63, 3.8) is 0 Å². The van der Waals surface area contributed by atoms with Gasteiger partial charge in [0.05, 0.1) is 11.9 Å². The zero-order valence-electron chi connectivity index (χ0n) is 12.9. The van der Waals surface area contributed by atoms with Crippen molar-refractivity contribution in [1.29, 1.82) is 0 Å². The fourth-order valence-corrected chi connectivity index (χ4v) is 2.69. The average molecular weight is 295 g/mol. The molecule has 1 fully saturated rings. The number of piperidine rings is 1. The molecule has 1 aliphatic rings. The zero-order valence-corrected chi connectivity index (χ0v) is 12.9. The predicted octanol–water partition coefficient (Wildman–Crippen LogP) is 3.63. The van der Waals surface area contributed by atoms with Crippen LogP contribution in [0.25, 0.3) is 0 Å². The van der Waals surface area contributed by atoms with Crippen molar-refractivity contribution in [2.75, 3.05) is 23.3 Å². The molecule has 2 heterocycles. The van der Waals surface area contributed by atoms with E-state index in [2.05, 4.69) is 15.2 Å². The number of rotatable bonds is 3. The lowest BCUT2D eigenvalue weighted by Crippen LogP contribution is -2.29. The summed E-state index contributed by atoms with van der Waals surface area (Å²) in [5.74, 6) is -0.172. The first-order valence-corrected chi connectivity index (χ1v) is 7.81. The Bertz CT molecular complexity index is 628. The number of nitrogens with one attached hydrogen (secondary N) is 1. The normalized spacial score (nSPS) is 14.7. The summed E-state index contributed by atoms with van der Waals surface area (Å²) in [7, 11) is 0. The summed E-state index contributed by atoms with van der Waals surface area (Å²) < 4.78 is 0. The monoisotopic (exact) mass is 295 g/mol. The Morgan fingerprint density at radius 3 is 2.41 bits per heavy atom. The minimum absolute atomic E-state index is 0.172. The number of hydrogen-bond donors (Lipinski definition) is 1. The van der Waals surface area contributed by atoms with Gasteiger partial charge in [-0.2, -0.15) is 0 Å². The SMILES string of the molecule is Cc1ccc(NC(=O)c2ccc(N3CCCCC3)cn2)cc1. The molecule has 22 heavy (non-hydrogen) atoms. The van der Waals surface area contributed by atoms with Crippen molar-refractivity contribution in [2.24, 2.45) is 0 Å². The average Bonchev–Trinajstić information content (AvgIpc) is 2.58. The quantitative estimate of drug-likeness (QED) is 0.940. The summed E-state index contributed by atoms with van der Waals surface area (Å²) >= 11 is 0. The van der Waals surface area contributed by atoms with Crippen molar-refractivity contribution in [2.45, 2.75) is 26.2 Å². The number of aryl methyl sites for hydroxylation is 1. The van der Waals surface area contributed by atoms with Crippen molar-refractivity contribution >= 4 is 17.3 Å². The summed E-state index contributed by atoms with van der Waals surface area (Å²) in [6, 6.07) is 11.5. The lowest BCUT2D eigenvalue weighted by atomic mass is 10.1. The molecule has 1 saturated heterocycles. The van der Waals surface area contributed by atoms with Gasteiger partial charge in [0.25, 0.3) is 5.91 Å². The van der Waals surface area contributed by atoms with Crippen LogP contribution in [0.2, 0.25) is 0 Å². The molecule has 0 aliphatic carbocycles. The Balaban J connectivity index is 1.66. The van der Waals surface area contributed by atoms with Gasteiger partial charge < -0.3 is 10.2 Å². The second kappa shape index (κ2) is 6.60. The van der Waals surface area contributed by atoms with Gasteiger partial charge in [0.2, 0.25) is 0 Å². The number of benzene rings is 1. The molecule has 1 aromatic heterocycles. The van der Waals surface area contributed by atoms with Crippen LogP contribution in [-0.2, 0) is 0 Å². The summed E-state index contributed by atoms with van der Waals surface area (Å²) in [5.41, 5.74) is 3.51. The fourth-order valence-electron chi connectivity index (χ4n) is 2.69. The molecule has 1 aliphatic heterocycles. The van der Waals surface area contributed by atoms with E-state index in [1.165, 1.54) is 24.8 Å². The highest BCUT2D eigenvalue weighted by molar-refractivity contribution is 6.02. The van der Waals surface area contributed by atoms with Crippen molar-refractivity contribution in [1.82, 2.24) is 4.98 Å². The third-order valence-electron chi connectivity index (χ3n) is 4.01.